The van der Waals surface area contributed by atoms with E-state index >= 15 is 0 Å². The van der Waals surface area contributed by atoms with Crippen LogP contribution in [0.15, 0.2) is 47.5 Å². The lowest BCUT2D eigenvalue weighted by Gasteiger charge is -2.28. The summed E-state index contributed by atoms with van der Waals surface area (Å²) < 4.78 is 5.01. The van der Waals surface area contributed by atoms with E-state index in [-0.39, 0.29) is 12.5 Å². The maximum atomic E-state index is 11.9. The van der Waals surface area contributed by atoms with Crippen molar-refractivity contribution in [2.24, 2.45) is 10.7 Å². The first-order valence-electron chi connectivity index (χ1n) is 6.09. The van der Waals surface area contributed by atoms with Gasteiger partial charge in [0.2, 0.25) is 5.85 Å². The summed E-state index contributed by atoms with van der Waals surface area (Å²) in [5.41, 5.74) is 6.35. The molecule has 1 aromatic rings. The molecule has 20 heavy (non-hydrogen) atoms. The molecule has 0 spiro atoms. The van der Waals surface area contributed by atoms with Gasteiger partial charge in [-0.25, -0.2) is 4.99 Å². The van der Waals surface area contributed by atoms with Gasteiger partial charge in [0.15, 0.2) is 0 Å². The predicted octanol–water partition coefficient (Wildman–Crippen LogP) is 1.29. The minimum Gasteiger partial charge on any atom is -0.350 e. The second-order valence-electron chi connectivity index (χ2n) is 4.52. The Morgan fingerprint density at radius 3 is 2.65 bits per heavy atom. The van der Waals surface area contributed by atoms with E-state index in [2.05, 4.69) is 10.3 Å². The number of hydrogen-bond donors (Lipinski definition) is 2. The molecule has 0 saturated carbocycles. The summed E-state index contributed by atoms with van der Waals surface area (Å²) in [6, 6.07) is 8.92. The number of nitrogens with two attached hydrogens (primary N) is 1. The monoisotopic (exact) mass is 293 g/mol. The molecule has 1 amide bonds. The number of benzene rings is 1. The average Bonchev–Trinajstić information content (AvgIpc) is 2.49. The predicted molar refractivity (Wildman–Crippen MR) is 78.9 cm³/mol. The summed E-state index contributed by atoms with van der Waals surface area (Å²) in [7, 11) is 1.46. The number of amides is 1. The minimum absolute atomic E-state index is 0.191. The van der Waals surface area contributed by atoms with Crippen molar-refractivity contribution < 1.29 is 9.53 Å². The van der Waals surface area contributed by atoms with Crippen LogP contribution in [0, 0.1) is 0 Å². The third-order valence-corrected chi connectivity index (χ3v) is 3.32. The van der Waals surface area contributed by atoms with Gasteiger partial charge in [-0.3, -0.25) is 10.5 Å². The zero-order valence-corrected chi connectivity index (χ0v) is 11.8. The van der Waals surface area contributed by atoms with Crippen LogP contribution in [0.25, 0.3) is 0 Å². The first-order valence-corrected chi connectivity index (χ1v) is 6.47. The number of carbonyl (C=O) groups is 1. The number of hydrogen-bond acceptors (Lipinski definition) is 4. The van der Waals surface area contributed by atoms with Crippen LogP contribution >= 0.6 is 11.6 Å². The molecule has 0 aromatic heterocycles. The number of nitrogens with one attached hydrogen (secondary N) is 1. The number of carbonyl (C=O) groups excluding carboxylic acids is 1. The van der Waals surface area contributed by atoms with Gasteiger partial charge in [-0.2, -0.15) is 0 Å². The molecule has 0 fully saturated rings. The standard InChI is InChI=1S/C14H16ClN3O2/c1-20-14(16)8-7-13(15,10-18-14)9-17-12(19)11-5-3-2-4-6-11/h2-8,10H,9,16H2,1H3,(H,17,19). The molecule has 1 aromatic carbocycles. The molecule has 3 N–H and O–H groups in total. The molecule has 1 heterocycles. The molecule has 0 saturated heterocycles. The zero-order chi connectivity index (χ0) is 14.6. The van der Waals surface area contributed by atoms with E-state index in [1.165, 1.54) is 13.3 Å². The Kier molecular flexibility index (Phi) is 4.23. The SMILES string of the molecule is COC1(N)C=CC(Cl)(CNC(=O)c2ccccc2)C=N1. The maximum absolute atomic E-state index is 11.9. The first kappa shape index (κ1) is 14.7. The topological polar surface area (TPSA) is 76.7 Å². The van der Waals surface area contributed by atoms with Gasteiger partial charge in [0.25, 0.3) is 5.91 Å². The van der Waals surface area contributed by atoms with Crippen LogP contribution in [-0.4, -0.2) is 36.5 Å². The van der Waals surface area contributed by atoms with Crippen molar-refractivity contribution in [1.29, 1.82) is 0 Å². The number of halogens is 1. The van der Waals surface area contributed by atoms with Crippen LogP contribution in [0.5, 0.6) is 0 Å². The maximum Gasteiger partial charge on any atom is 0.251 e. The van der Waals surface area contributed by atoms with Crippen LogP contribution in [0.4, 0.5) is 0 Å². The van der Waals surface area contributed by atoms with E-state index in [0.29, 0.717) is 5.56 Å². The molecule has 2 rings (SSSR count). The summed E-state index contributed by atoms with van der Waals surface area (Å²) in [6.45, 7) is 0.210. The lowest BCUT2D eigenvalue weighted by atomic mass is 10.1. The highest BCUT2D eigenvalue weighted by Gasteiger charge is 2.31. The Morgan fingerprint density at radius 1 is 1.40 bits per heavy atom. The number of methoxy groups -OCH3 is 1. The fraction of sp³-hybridized carbons (Fsp3) is 0.286. The number of ether oxygens (including phenoxy) is 1. The van der Waals surface area contributed by atoms with Crippen molar-refractivity contribution in [3.8, 4) is 0 Å². The Morgan fingerprint density at radius 2 is 2.10 bits per heavy atom. The minimum atomic E-state index is -1.18. The Balaban J connectivity index is 1.97. The molecule has 0 aliphatic carbocycles. The van der Waals surface area contributed by atoms with E-state index in [9.17, 15) is 4.79 Å². The summed E-state index contributed by atoms with van der Waals surface area (Å²) in [5, 5.41) is 2.76. The highest BCUT2D eigenvalue weighted by molar-refractivity contribution is 6.34. The summed E-state index contributed by atoms with van der Waals surface area (Å²) in [4.78, 5) is 15.1. The van der Waals surface area contributed by atoms with Crippen molar-refractivity contribution in [2.45, 2.75) is 10.7 Å². The van der Waals surface area contributed by atoms with Gasteiger partial charge < -0.3 is 10.1 Å². The Labute approximate surface area is 122 Å². The zero-order valence-electron chi connectivity index (χ0n) is 11.0. The third-order valence-electron chi connectivity index (χ3n) is 2.96. The van der Waals surface area contributed by atoms with Crippen molar-refractivity contribution in [2.75, 3.05) is 13.7 Å². The number of alkyl halides is 1. The molecular formula is C14H16ClN3O2. The van der Waals surface area contributed by atoms with Crippen molar-refractivity contribution >= 4 is 23.7 Å². The Bertz CT molecular complexity index is 529. The second-order valence-corrected chi connectivity index (χ2v) is 5.23. The molecule has 1 aliphatic rings. The summed E-state index contributed by atoms with van der Waals surface area (Å²) in [5.74, 6) is -1.37. The van der Waals surface area contributed by atoms with Crippen molar-refractivity contribution in [1.82, 2.24) is 5.32 Å². The molecular weight excluding hydrogens is 278 g/mol. The lowest BCUT2D eigenvalue weighted by Crippen LogP contribution is -2.46. The highest BCUT2D eigenvalue weighted by Crippen LogP contribution is 2.22. The number of aliphatic imine (C=N–C) groups is 1. The fourth-order valence-corrected chi connectivity index (χ4v) is 1.86. The van der Waals surface area contributed by atoms with Crippen molar-refractivity contribution in [3.05, 3.63) is 48.0 Å². The van der Waals surface area contributed by atoms with Gasteiger partial charge in [0.05, 0.1) is 0 Å². The van der Waals surface area contributed by atoms with E-state index in [1.54, 1.807) is 36.4 Å². The largest absolute Gasteiger partial charge is 0.350 e. The van der Waals surface area contributed by atoms with E-state index in [1.807, 2.05) is 6.07 Å². The summed E-state index contributed by atoms with van der Waals surface area (Å²) >= 11 is 6.33. The number of dihydropyridines is 1. The lowest BCUT2D eigenvalue weighted by molar-refractivity contribution is 0.0448. The van der Waals surface area contributed by atoms with Gasteiger partial charge in [0.1, 0.15) is 4.87 Å². The first-order chi connectivity index (χ1) is 9.46. The molecule has 2 unspecified atom stereocenters. The van der Waals surface area contributed by atoms with Gasteiger partial charge in [0, 0.05) is 25.4 Å². The second kappa shape index (κ2) is 5.75. The van der Waals surface area contributed by atoms with Gasteiger partial charge in [-0.15, -0.1) is 11.6 Å². The quantitative estimate of drug-likeness (QED) is 0.499. The van der Waals surface area contributed by atoms with Crippen LogP contribution in [0.2, 0.25) is 0 Å². The fourth-order valence-electron chi connectivity index (χ4n) is 1.68. The van der Waals surface area contributed by atoms with E-state index < -0.39 is 10.7 Å². The molecule has 5 nitrogen and oxygen atoms in total. The van der Waals surface area contributed by atoms with Crippen LogP contribution in [-0.2, 0) is 4.74 Å². The van der Waals surface area contributed by atoms with E-state index in [4.69, 9.17) is 22.1 Å². The Hall–Kier alpha value is -1.69. The third kappa shape index (κ3) is 3.45. The van der Waals surface area contributed by atoms with Gasteiger partial charge in [-0.05, 0) is 18.2 Å². The van der Waals surface area contributed by atoms with Gasteiger partial charge >= 0.3 is 0 Å². The highest BCUT2D eigenvalue weighted by atomic mass is 35.5. The van der Waals surface area contributed by atoms with Crippen LogP contribution < -0.4 is 11.1 Å². The average molecular weight is 294 g/mol. The molecule has 6 heteroatoms. The molecule has 106 valence electrons. The number of nitrogens with zero attached hydrogens (tertiary/aromatic N) is 1. The normalized spacial score (nSPS) is 28.4. The van der Waals surface area contributed by atoms with Crippen molar-refractivity contribution in [3.63, 3.8) is 0 Å². The summed E-state index contributed by atoms with van der Waals surface area (Å²) in [6.07, 6.45) is 4.70. The molecule has 2 atom stereocenters. The van der Waals surface area contributed by atoms with E-state index in [0.717, 1.165) is 0 Å². The molecule has 0 radical (unpaired) electrons. The van der Waals surface area contributed by atoms with Crippen LogP contribution in [0.3, 0.4) is 0 Å². The molecule has 1 aliphatic heterocycles. The molecule has 0 bridgehead atoms. The smallest absolute Gasteiger partial charge is 0.251 e. The number of rotatable bonds is 4. The van der Waals surface area contributed by atoms with Crippen LogP contribution in [0.1, 0.15) is 10.4 Å². The van der Waals surface area contributed by atoms with Gasteiger partial charge in [-0.1, -0.05) is 24.3 Å².